The predicted octanol–water partition coefficient (Wildman–Crippen LogP) is 1.78. The van der Waals surface area contributed by atoms with Gasteiger partial charge in [0.2, 0.25) is 0 Å². The maximum atomic E-state index is 9.63. The Hall–Kier alpha value is -1.22. The molecular formula is C12H17NO2. The molecule has 2 rings (SSSR count). The number of phenols is 2. The summed E-state index contributed by atoms with van der Waals surface area (Å²) in [6.45, 7) is 1.06. The van der Waals surface area contributed by atoms with Crippen LogP contribution >= 0.6 is 0 Å². The van der Waals surface area contributed by atoms with Crippen LogP contribution in [0.5, 0.6) is 11.5 Å². The molecule has 1 saturated heterocycles. The van der Waals surface area contributed by atoms with E-state index in [1.165, 1.54) is 18.9 Å². The summed E-state index contributed by atoms with van der Waals surface area (Å²) in [7, 11) is 0. The molecule has 82 valence electrons. The quantitative estimate of drug-likeness (QED) is 0.648. The fraction of sp³-hybridized carbons (Fsp3) is 0.500. The molecule has 3 nitrogen and oxygen atoms in total. The smallest absolute Gasteiger partial charge is 0.119 e. The molecule has 1 atom stereocenters. The molecule has 1 aromatic rings. The Morgan fingerprint density at radius 2 is 2.13 bits per heavy atom. The van der Waals surface area contributed by atoms with Crippen molar-refractivity contribution >= 4 is 0 Å². The molecule has 0 bridgehead atoms. The zero-order valence-corrected chi connectivity index (χ0v) is 8.74. The normalized spacial score (nSPS) is 21.5. The molecule has 15 heavy (non-hydrogen) atoms. The van der Waals surface area contributed by atoms with Crippen molar-refractivity contribution in [2.45, 2.75) is 31.7 Å². The summed E-state index contributed by atoms with van der Waals surface area (Å²) >= 11 is 0. The van der Waals surface area contributed by atoms with E-state index in [2.05, 4.69) is 5.32 Å². The van der Waals surface area contributed by atoms with Gasteiger partial charge in [0.15, 0.2) is 0 Å². The van der Waals surface area contributed by atoms with E-state index in [4.69, 9.17) is 0 Å². The molecule has 0 aliphatic carbocycles. The molecule has 1 fully saturated rings. The molecule has 3 heteroatoms. The van der Waals surface area contributed by atoms with E-state index in [0.29, 0.717) is 6.04 Å². The number of nitrogens with one attached hydrogen (secondary N) is 1. The van der Waals surface area contributed by atoms with Gasteiger partial charge in [-0.25, -0.2) is 0 Å². The number of benzene rings is 1. The second-order valence-electron chi connectivity index (χ2n) is 4.16. The van der Waals surface area contributed by atoms with Crippen molar-refractivity contribution in [2.75, 3.05) is 6.54 Å². The third kappa shape index (κ3) is 2.63. The summed E-state index contributed by atoms with van der Waals surface area (Å²) in [6, 6.07) is 5.14. The molecule has 0 saturated carbocycles. The van der Waals surface area contributed by atoms with Gasteiger partial charge in [-0.1, -0.05) is 6.42 Å². The SMILES string of the molecule is Oc1ccc(O)c(CC2CCCCN2)c1. The third-order valence-corrected chi connectivity index (χ3v) is 2.94. The minimum absolute atomic E-state index is 0.221. The fourth-order valence-corrected chi connectivity index (χ4v) is 2.10. The first-order chi connectivity index (χ1) is 7.25. The third-order valence-electron chi connectivity index (χ3n) is 2.94. The number of hydrogen-bond donors (Lipinski definition) is 3. The van der Waals surface area contributed by atoms with Crippen LogP contribution in [0.1, 0.15) is 24.8 Å². The number of piperidine rings is 1. The number of phenolic OH excluding ortho intramolecular Hbond substituents is 2. The van der Waals surface area contributed by atoms with E-state index >= 15 is 0 Å². The second kappa shape index (κ2) is 4.53. The maximum Gasteiger partial charge on any atom is 0.119 e. The minimum atomic E-state index is 0.221. The van der Waals surface area contributed by atoms with Gasteiger partial charge in [0, 0.05) is 6.04 Å². The van der Waals surface area contributed by atoms with Crippen LogP contribution in [0.15, 0.2) is 18.2 Å². The summed E-state index contributed by atoms with van der Waals surface area (Å²) in [5.41, 5.74) is 0.828. The van der Waals surface area contributed by atoms with E-state index in [-0.39, 0.29) is 11.5 Å². The van der Waals surface area contributed by atoms with Gasteiger partial charge in [0.1, 0.15) is 11.5 Å². The molecule has 1 heterocycles. The summed E-state index contributed by atoms with van der Waals surface area (Å²) in [4.78, 5) is 0. The lowest BCUT2D eigenvalue weighted by Gasteiger charge is -2.23. The Kier molecular flexibility index (Phi) is 3.11. The van der Waals surface area contributed by atoms with Crippen molar-refractivity contribution in [3.8, 4) is 11.5 Å². The molecule has 0 amide bonds. The number of aromatic hydroxyl groups is 2. The lowest BCUT2D eigenvalue weighted by atomic mass is 9.97. The van der Waals surface area contributed by atoms with Gasteiger partial charge in [-0.05, 0) is 49.6 Å². The summed E-state index contributed by atoms with van der Waals surface area (Å²) < 4.78 is 0. The topological polar surface area (TPSA) is 52.5 Å². The lowest BCUT2D eigenvalue weighted by Crippen LogP contribution is -2.35. The molecule has 3 N–H and O–H groups in total. The van der Waals surface area contributed by atoms with Crippen LogP contribution in [0, 0.1) is 0 Å². The molecule has 0 aromatic heterocycles. The lowest BCUT2D eigenvalue weighted by molar-refractivity contribution is 0.390. The number of hydrogen-bond acceptors (Lipinski definition) is 3. The van der Waals surface area contributed by atoms with Crippen LogP contribution in [0.2, 0.25) is 0 Å². The van der Waals surface area contributed by atoms with Crippen molar-refractivity contribution in [1.82, 2.24) is 5.32 Å². The molecule has 0 spiro atoms. The van der Waals surface area contributed by atoms with Crippen molar-refractivity contribution in [2.24, 2.45) is 0 Å². The summed E-state index contributed by atoms with van der Waals surface area (Å²) in [5, 5.41) is 22.4. The van der Waals surface area contributed by atoms with E-state index in [0.717, 1.165) is 24.9 Å². The Morgan fingerprint density at radius 3 is 2.87 bits per heavy atom. The van der Waals surface area contributed by atoms with E-state index < -0.39 is 0 Å². The zero-order chi connectivity index (χ0) is 10.7. The largest absolute Gasteiger partial charge is 0.508 e. The summed E-state index contributed by atoms with van der Waals surface area (Å²) in [6.07, 6.45) is 4.43. The van der Waals surface area contributed by atoms with Gasteiger partial charge >= 0.3 is 0 Å². The van der Waals surface area contributed by atoms with Crippen molar-refractivity contribution < 1.29 is 10.2 Å². The highest BCUT2D eigenvalue weighted by Gasteiger charge is 2.14. The highest BCUT2D eigenvalue weighted by atomic mass is 16.3. The second-order valence-corrected chi connectivity index (χ2v) is 4.16. The molecule has 1 aliphatic rings. The van der Waals surface area contributed by atoms with Crippen molar-refractivity contribution in [1.29, 1.82) is 0 Å². The van der Waals surface area contributed by atoms with Gasteiger partial charge in [-0.15, -0.1) is 0 Å². The average Bonchev–Trinajstić information content (AvgIpc) is 2.25. The first-order valence-corrected chi connectivity index (χ1v) is 5.50. The Bertz CT molecular complexity index is 332. The Morgan fingerprint density at radius 1 is 1.27 bits per heavy atom. The average molecular weight is 207 g/mol. The van der Waals surface area contributed by atoms with E-state index in [1.54, 1.807) is 12.1 Å². The molecule has 0 radical (unpaired) electrons. The van der Waals surface area contributed by atoms with Crippen LogP contribution in [-0.4, -0.2) is 22.8 Å². The van der Waals surface area contributed by atoms with Crippen LogP contribution in [0.3, 0.4) is 0 Å². The van der Waals surface area contributed by atoms with Gasteiger partial charge < -0.3 is 15.5 Å². The molecule has 1 unspecified atom stereocenters. The maximum absolute atomic E-state index is 9.63. The highest BCUT2D eigenvalue weighted by Crippen LogP contribution is 2.24. The molecule has 1 aliphatic heterocycles. The van der Waals surface area contributed by atoms with Gasteiger partial charge in [-0.2, -0.15) is 0 Å². The molecule has 1 aromatic carbocycles. The Labute approximate surface area is 89.8 Å². The van der Waals surface area contributed by atoms with E-state index in [1.807, 2.05) is 0 Å². The van der Waals surface area contributed by atoms with Crippen LogP contribution in [-0.2, 0) is 6.42 Å². The van der Waals surface area contributed by atoms with Gasteiger partial charge in [0.05, 0.1) is 0 Å². The monoisotopic (exact) mass is 207 g/mol. The van der Waals surface area contributed by atoms with Gasteiger partial charge in [-0.3, -0.25) is 0 Å². The van der Waals surface area contributed by atoms with E-state index in [9.17, 15) is 10.2 Å². The standard InChI is InChI=1S/C12H17NO2/c14-11-4-5-12(15)9(8-11)7-10-3-1-2-6-13-10/h4-5,8,10,13-15H,1-3,6-7H2. The summed E-state index contributed by atoms with van der Waals surface area (Å²) in [5.74, 6) is 0.499. The van der Waals surface area contributed by atoms with Crippen LogP contribution < -0.4 is 5.32 Å². The molecular weight excluding hydrogens is 190 g/mol. The zero-order valence-electron chi connectivity index (χ0n) is 8.74. The highest BCUT2D eigenvalue weighted by molar-refractivity contribution is 5.39. The first kappa shape index (κ1) is 10.3. The predicted molar refractivity (Wildman–Crippen MR) is 59.1 cm³/mol. The minimum Gasteiger partial charge on any atom is -0.508 e. The number of rotatable bonds is 2. The van der Waals surface area contributed by atoms with Crippen molar-refractivity contribution in [3.63, 3.8) is 0 Å². The first-order valence-electron chi connectivity index (χ1n) is 5.50. The Balaban J connectivity index is 2.05. The fourth-order valence-electron chi connectivity index (χ4n) is 2.10. The van der Waals surface area contributed by atoms with Crippen LogP contribution in [0.4, 0.5) is 0 Å². The van der Waals surface area contributed by atoms with Gasteiger partial charge in [0.25, 0.3) is 0 Å². The van der Waals surface area contributed by atoms with Crippen molar-refractivity contribution in [3.05, 3.63) is 23.8 Å². The van der Waals surface area contributed by atoms with Crippen LogP contribution in [0.25, 0.3) is 0 Å².